The smallest absolute Gasteiger partial charge is 0.341 e. The van der Waals surface area contributed by atoms with Gasteiger partial charge in [0.2, 0.25) is 5.43 Å². The highest BCUT2D eigenvalue weighted by molar-refractivity contribution is 5.92. The maximum Gasteiger partial charge on any atom is 0.341 e. The molecule has 2 saturated heterocycles. The number of nitrogens with one attached hydrogen (secondary N) is 1. The highest BCUT2D eigenvalue weighted by atomic mass is 19.1. The second-order valence-electron chi connectivity index (χ2n) is 6.23. The lowest BCUT2D eigenvalue weighted by molar-refractivity contribution is 0.0695. The van der Waals surface area contributed by atoms with E-state index in [0.717, 1.165) is 25.2 Å². The fraction of sp³-hybridized carbons (Fsp3) is 0.294. The number of hydrogen-bond donors (Lipinski definition) is 2. The van der Waals surface area contributed by atoms with Crippen molar-refractivity contribution in [2.45, 2.75) is 18.5 Å². The number of carbonyl (C=O) groups is 1. The monoisotopic (exact) mass is 342 g/mol. The molecule has 0 saturated carbocycles. The quantitative estimate of drug-likeness (QED) is 0.811. The topological polar surface area (TPSA) is 87.5 Å². The van der Waals surface area contributed by atoms with E-state index in [0.29, 0.717) is 12.6 Å². The summed E-state index contributed by atoms with van der Waals surface area (Å²) >= 11 is 0. The Morgan fingerprint density at radius 3 is 2.96 bits per heavy atom. The number of carboxylic acids is 1. The van der Waals surface area contributed by atoms with Crippen molar-refractivity contribution in [2.75, 3.05) is 18.0 Å². The van der Waals surface area contributed by atoms with Crippen LogP contribution in [0.2, 0.25) is 0 Å². The number of rotatable bonds is 3. The van der Waals surface area contributed by atoms with Gasteiger partial charge in [0.15, 0.2) is 17.3 Å². The van der Waals surface area contributed by atoms with Crippen LogP contribution in [-0.4, -0.2) is 45.8 Å². The standard InChI is InChI=1S/C17H15FN4O3/c1-2-3-21-8-12(17(24)25)14(23)11-5-13(18)16(20-15(11)21)22-7-9-4-10(22)6-19-9/h3,5,8-10,19H,1,4,6-7H2,(H,24,25)/t9-,10-/m0/s1. The minimum Gasteiger partial charge on any atom is -0.477 e. The molecule has 2 aromatic heterocycles. The lowest BCUT2D eigenvalue weighted by Gasteiger charge is -2.29. The summed E-state index contributed by atoms with van der Waals surface area (Å²) in [7, 11) is 0. The summed E-state index contributed by atoms with van der Waals surface area (Å²) in [6.45, 7) is 4.87. The Kier molecular flexibility index (Phi) is 3.45. The fourth-order valence-corrected chi connectivity index (χ4v) is 3.61. The van der Waals surface area contributed by atoms with Gasteiger partial charge in [0.25, 0.3) is 0 Å². The largest absolute Gasteiger partial charge is 0.477 e. The number of carboxylic acid groups (broad SMARTS) is 1. The molecule has 2 N–H and O–H groups in total. The summed E-state index contributed by atoms with van der Waals surface area (Å²) in [5.74, 6) is -1.84. The predicted molar refractivity (Wildman–Crippen MR) is 90.4 cm³/mol. The maximum absolute atomic E-state index is 14.7. The summed E-state index contributed by atoms with van der Waals surface area (Å²) < 4.78 is 16.0. The Morgan fingerprint density at radius 1 is 1.56 bits per heavy atom. The molecule has 4 rings (SSSR count). The number of aromatic nitrogens is 2. The van der Waals surface area contributed by atoms with Gasteiger partial charge in [-0.1, -0.05) is 6.58 Å². The first kappa shape index (κ1) is 15.6. The van der Waals surface area contributed by atoms with Crippen LogP contribution in [0.15, 0.2) is 29.4 Å². The average molecular weight is 342 g/mol. The summed E-state index contributed by atoms with van der Waals surface area (Å²) in [5.41, 5.74) is 1.48. The third-order valence-electron chi connectivity index (χ3n) is 4.73. The summed E-state index contributed by atoms with van der Waals surface area (Å²) in [6, 6.07) is 1.55. The van der Waals surface area contributed by atoms with E-state index in [9.17, 15) is 19.1 Å². The van der Waals surface area contributed by atoms with Gasteiger partial charge in [-0.25, -0.2) is 14.2 Å². The molecule has 8 heteroatoms. The lowest BCUT2D eigenvalue weighted by atomic mass is 10.2. The third-order valence-corrected chi connectivity index (χ3v) is 4.73. The Labute approximate surface area is 141 Å². The Morgan fingerprint density at radius 2 is 2.36 bits per heavy atom. The van der Waals surface area contributed by atoms with Gasteiger partial charge < -0.3 is 15.3 Å². The SMILES string of the molecule is C=C=Cn1cc(C(=O)O)c(=O)c2cc(F)c(N3C[C@@H]4C[C@H]3CN4)nc21. The first-order valence-electron chi connectivity index (χ1n) is 7.84. The van der Waals surface area contributed by atoms with E-state index >= 15 is 0 Å². The van der Waals surface area contributed by atoms with Crippen molar-refractivity contribution in [2.24, 2.45) is 0 Å². The van der Waals surface area contributed by atoms with Crippen LogP contribution in [0, 0.1) is 5.82 Å². The molecule has 0 amide bonds. The maximum atomic E-state index is 14.7. The molecule has 2 bridgehead atoms. The minimum absolute atomic E-state index is 0.0878. The molecule has 128 valence electrons. The number of piperazine rings is 1. The molecule has 2 fully saturated rings. The molecule has 0 spiro atoms. The highest BCUT2D eigenvalue weighted by Gasteiger charge is 2.39. The van der Waals surface area contributed by atoms with Gasteiger partial charge in [0, 0.05) is 31.4 Å². The number of nitrogens with zero attached hydrogens (tertiary/aromatic N) is 3. The van der Waals surface area contributed by atoms with Crippen LogP contribution >= 0.6 is 0 Å². The van der Waals surface area contributed by atoms with E-state index in [1.165, 1.54) is 10.8 Å². The van der Waals surface area contributed by atoms with Crippen LogP contribution in [0.4, 0.5) is 10.2 Å². The summed E-state index contributed by atoms with van der Waals surface area (Å²) in [5, 5.41) is 12.4. The van der Waals surface area contributed by atoms with Crippen LogP contribution in [0.25, 0.3) is 17.2 Å². The Bertz CT molecular complexity index is 1010. The normalized spacial score (nSPS) is 21.6. The molecule has 2 aliphatic heterocycles. The first-order valence-corrected chi connectivity index (χ1v) is 7.84. The van der Waals surface area contributed by atoms with Gasteiger partial charge in [0.1, 0.15) is 5.56 Å². The van der Waals surface area contributed by atoms with Crippen molar-refractivity contribution in [3.63, 3.8) is 0 Å². The molecule has 0 aliphatic carbocycles. The number of halogens is 1. The molecule has 2 atom stereocenters. The van der Waals surface area contributed by atoms with Gasteiger partial charge in [-0.2, -0.15) is 0 Å². The summed E-state index contributed by atoms with van der Waals surface area (Å²) in [4.78, 5) is 29.9. The summed E-state index contributed by atoms with van der Waals surface area (Å²) in [6.07, 6.45) is 3.44. The van der Waals surface area contributed by atoms with Crippen LogP contribution in [0.5, 0.6) is 0 Å². The first-order chi connectivity index (χ1) is 12.0. The molecular formula is C17H15FN4O3. The van der Waals surface area contributed by atoms with E-state index in [4.69, 9.17) is 0 Å². The highest BCUT2D eigenvalue weighted by Crippen LogP contribution is 2.31. The molecule has 0 radical (unpaired) electrons. The molecule has 4 heterocycles. The molecular weight excluding hydrogens is 327 g/mol. The van der Waals surface area contributed by atoms with Crippen LogP contribution in [0.1, 0.15) is 16.8 Å². The van der Waals surface area contributed by atoms with Gasteiger partial charge in [-0.15, -0.1) is 5.73 Å². The van der Waals surface area contributed by atoms with E-state index < -0.39 is 22.8 Å². The molecule has 25 heavy (non-hydrogen) atoms. The number of anilines is 1. The van der Waals surface area contributed by atoms with Gasteiger partial charge in [-0.3, -0.25) is 9.36 Å². The van der Waals surface area contributed by atoms with Crippen LogP contribution in [0.3, 0.4) is 0 Å². The van der Waals surface area contributed by atoms with Gasteiger partial charge in [-0.05, 0) is 12.5 Å². The number of fused-ring (bicyclic) bond motifs is 3. The second-order valence-corrected chi connectivity index (χ2v) is 6.23. The fourth-order valence-electron chi connectivity index (χ4n) is 3.61. The van der Waals surface area contributed by atoms with E-state index in [2.05, 4.69) is 22.6 Å². The zero-order valence-electron chi connectivity index (χ0n) is 13.2. The molecule has 2 aromatic rings. The van der Waals surface area contributed by atoms with Crippen LogP contribution < -0.4 is 15.6 Å². The molecule has 0 unspecified atom stereocenters. The zero-order valence-corrected chi connectivity index (χ0v) is 13.2. The van der Waals surface area contributed by atoms with Crippen molar-refractivity contribution < 1.29 is 14.3 Å². The van der Waals surface area contributed by atoms with E-state index in [1.807, 2.05) is 4.90 Å². The van der Waals surface area contributed by atoms with Crippen molar-refractivity contribution in [1.82, 2.24) is 14.9 Å². The van der Waals surface area contributed by atoms with Crippen molar-refractivity contribution in [1.29, 1.82) is 0 Å². The second kappa shape index (κ2) is 5.54. The number of hydrogen-bond acceptors (Lipinski definition) is 5. The van der Waals surface area contributed by atoms with E-state index in [-0.39, 0.29) is 22.9 Å². The molecule has 7 nitrogen and oxygen atoms in total. The van der Waals surface area contributed by atoms with Gasteiger partial charge in [0.05, 0.1) is 11.6 Å². The number of pyridine rings is 2. The predicted octanol–water partition coefficient (Wildman–Crippen LogP) is 1.04. The van der Waals surface area contributed by atoms with Crippen molar-refractivity contribution >= 4 is 29.0 Å². The van der Waals surface area contributed by atoms with Crippen molar-refractivity contribution in [3.05, 3.63) is 46.2 Å². The minimum atomic E-state index is -1.38. The number of aromatic carboxylic acids is 1. The molecule has 0 aromatic carbocycles. The van der Waals surface area contributed by atoms with E-state index in [1.54, 1.807) is 0 Å². The van der Waals surface area contributed by atoms with Crippen LogP contribution in [-0.2, 0) is 0 Å². The molecule has 2 aliphatic rings. The third kappa shape index (κ3) is 2.34. The van der Waals surface area contributed by atoms with Gasteiger partial charge >= 0.3 is 5.97 Å². The Balaban J connectivity index is 1.97. The lowest BCUT2D eigenvalue weighted by Crippen LogP contribution is -2.44. The Hall–Kier alpha value is -2.96. The average Bonchev–Trinajstić information content (AvgIpc) is 3.20. The van der Waals surface area contributed by atoms with Crippen molar-refractivity contribution in [3.8, 4) is 0 Å². The zero-order chi connectivity index (χ0) is 17.7.